The zero-order valence-electron chi connectivity index (χ0n) is 10.8. The molecule has 0 saturated heterocycles. The lowest BCUT2D eigenvalue weighted by Gasteiger charge is -2.31. The van der Waals surface area contributed by atoms with E-state index in [2.05, 4.69) is 32.3 Å². The average molecular weight is 235 g/mol. The van der Waals surface area contributed by atoms with Gasteiger partial charge in [-0.05, 0) is 12.0 Å². The Kier molecular flexibility index (Phi) is 4.02. The molecule has 2 atom stereocenters. The monoisotopic (exact) mass is 235 g/mol. The highest BCUT2D eigenvalue weighted by molar-refractivity contribution is 5.37. The Bertz CT molecular complexity index is 365. The number of nitrogens with one attached hydrogen (secondary N) is 1. The predicted octanol–water partition coefficient (Wildman–Crippen LogP) is 2.93. The molecule has 0 aliphatic carbocycles. The number of para-hydroxylation sites is 1. The number of hydroxylamine groups is 1. The first-order chi connectivity index (χ1) is 8.18. The molecule has 17 heavy (non-hydrogen) atoms. The third-order valence-electron chi connectivity index (χ3n) is 2.95. The van der Waals surface area contributed by atoms with Crippen LogP contribution < -0.4 is 10.2 Å². The van der Waals surface area contributed by atoms with E-state index >= 15 is 0 Å². The molecule has 1 aliphatic rings. The van der Waals surface area contributed by atoms with Crippen LogP contribution in [0.5, 0.6) is 5.75 Å². The Balaban J connectivity index is 2.05. The fourth-order valence-corrected chi connectivity index (χ4v) is 1.98. The van der Waals surface area contributed by atoms with Crippen molar-refractivity contribution in [3.8, 4) is 5.75 Å². The van der Waals surface area contributed by atoms with Gasteiger partial charge >= 0.3 is 0 Å². The molecule has 94 valence electrons. The molecular weight excluding hydrogens is 214 g/mol. The minimum atomic E-state index is 0.221. The number of ether oxygens (including phenoxy) is 1. The van der Waals surface area contributed by atoms with Crippen LogP contribution in [-0.2, 0) is 4.84 Å². The molecule has 0 saturated carbocycles. The van der Waals surface area contributed by atoms with Gasteiger partial charge in [0.25, 0.3) is 0 Å². The largest absolute Gasteiger partial charge is 0.493 e. The molecule has 1 N–H and O–H groups in total. The van der Waals surface area contributed by atoms with E-state index in [1.165, 1.54) is 5.56 Å². The summed E-state index contributed by atoms with van der Waals surface area (Å²) in [6, 6.07) is 8.37. The smallest absolute Gasteiger partial charge is 0.124 e. The van der Waals surface area contributed by atoms with Gasteiger partial charge < -0.3 is 9.57 Å². The highest BCUT2D eigenvalue weighted by atomic mass is 16.6. The van der Waals surface area contributed by atoms with E-state index < -0.39 is 0 Å². The molecule has 3 nitrogen and oxygen atoms in total. The van der Waals surface area contributed by atoms with E-state index in [9.17, 15) is 0 Å². The van der Waals surface area contributed by atoms with Crippen LogP contribution in [-0.4, -0.2) is 13.2 Å². The summed E-state index contributed by atoms with van der Waals surface area (Å²) in [6.07, 6.45) is 0. The third kappa shape index (κ3) is 2.99. The van der Waals surface area contributed by atoms with Crippen LogP contribution in [0.15, 0.2) is 24.3 Å². The Morgan fingerprint density at radius 1 is 1.41 bits per heavy atom. The van der Waals surface area contributed by atoms with Crippen molar-refractivity contribution in [2.24, 2.45) is 11.8 Å². The molecular formula is C14H21NO2. The fourth-order valence-electron chi connectivity index (χ4n) is 1.98. The van der Waals surface area contributed by atoms with Crippen molar-refractivity contribution in [1.82, 2.24) is 5.48 Å². The van der Waals surface area contributed by atoms with Gasteiger partial charge in [-0.25, -0.2) is 0 Å². The van der Waals surface area contributed by atoms with Crippen molar-refractivity contribution < 1.29 is 9.57 Å². The maximum absolute atomic E-state index is 5.70. The van der Waals surface area contributed by atoms with Gasteiger partial charge in [-0.3, -0.25) is 0 Å². The standard InChI is InChI=1S/C14H21NO2/c1-10(2)8-17-15-14-11(3)9-16-13-7-5-4-6-12(13)14/h4-7,10-11,14-15H,8-9H2,1-3H3. The maximum atomic E-state index is 5.70. The molecule has 0 bridgehead atoms. The van der Waals surface area contributed by atoms with Crippen molar-refractivity contribution in [2.45, 2.75) is 26.8 Å². The van der Waals surface area contributed by atoms with Gasteiger partial charge in [-0.15, -0.1) is 0 Å². The summed E-state index contributed by atoms with van der Waals surface area (Å²) < 4.78 is 5.70. The Labute approximate surface area is 103 Å². The second-order valence-corrected chi connectivity index (χ2v) is 5.13. The molecule has 2 rings (SSSR count). The molecule has 1 heterocycles. The van der Waals surface area contributed by atoms with Crippen LogP contribution in [0.25, 0.3) is 0 Å². The lowest BCUT2D eigenvalue weighted by Crippen LogP contribution is -2.34. The van der Waals surface area contributed by atoms with Crippen molar-refractivity contribution in [3.63, 3.8) is 0 Å². The van der Waals surface area contributed by atoms with E-state index in [1.807, 2.05) is 18.2 Å². The van der Waals surface area contributed by atoms with Crippen molar-refractivity contribution in [3.05, 3.63) is 29.8 Å². The first-order valence-electron chi connectivity index (χ1n) is 6.27. The van der Waals surface area contributed by atoms with Crippen molar-refractivity contribution in [2.75, 3.05) is 13.2 Å². The zero-order chi connectivity index (χ0) is 12.3. The number of benzene rings is 1. The predicted molar refractivity (Wildman–Crippen MR) is 67.8 cm³/mol. The first kappa shape index (κ1) is 12.4. The average Bonchev–Trinajstić information content (AvgIpc) is 2.32. The quantitative estimate of drug-likeness (QED) is 0.814. The molecule has 2 unspecified atom stereocenters. The van der Waals surface area contributed by atoms with E-state index in [1.54, 1.807) is 0 Å². The molecule has 0 fully saturated rings. The SMILES string of the molecule is CC(C)CONC1c2ccccc2OCC1C. The summed E-state index contributed by atoms with van der Waals surface area (Å²) in [5.74, 6) is 1.92. The van der Waals surface area contributed by atoms with Crippen molar-refractivity contribution >= 4 is 0 Å². The summed E-state index contributed by atoms with van der Waals surface area (Å²) in [6.45, 7) is 7.92. The van der Waals surface area contributed by atoms with Crippen molar-refractivity contribution in [1.29, 1.82) is 0 Å². The van der Waals surface area contributed by atoms with Crippen LogP contribution in [0.3, 0.4) is 0 Å². The summed E-state index contributed by atoms with van der Waals surface area (Å²) in [4.78, 5) is 5.56. The van der Waals surface area contributed by atoms with Gasteiger partial charge in [-0.2, -0.15) is 5.48 Å². The van der Waals surface area contributed by atoms with Gasteiger partial charge in [-0.1, -0.05) is 39.0 Å². The van der Waals surface area contributed by atoms with E-state index in [0.29, 0.717) is 11.8 Å². The Morgan fingerprint density at radius 2 is 2.18 bits per heavy atom. The summed E-state index contributed by atoms with van der Waals surface area (Å²) >= 11 is 0. The normalized spacial score (nSPS) is 23.3. The molecule has 0 radical (unpaired) electrons. The summed E-state index contributed by atoms with van der Waals surface area (Å²) in [5, 5.41) is 0. The number of hydrogen-bond acceptors (Lipinski definition) is 3. The summed E-state index contributed by atoms with van der Waals surface area (Å²) in [7, 11) is 0. The number of fused-ring (bicyclic) bond motifs is 1. The van der Waals surface area contributed by atoms with E-state index in [-0.39, 0.29) is 6.04 Å². The third-order valence-corrected chi connectivity index (χ3v) is 2.95. The molecule has 1 aromatic carbocycles. The molecule has 3 heteroatoms. The van der Waals surface area contributed by atoms with Gasteiger partial charge in [0.05, 0.1) is 19.3 Å². The molecule has 1 aliphatic heterocycles. The Morgan fingerprint density at radius 3 is 2.94 bits per heavy atom. The van der Waals surface area contributed by atoms with Crippen LogP contribution >= 0.6 is 0 Å². The lowest BCUT2D eigenvalue weighted by molar-refractivity contribution is -0.0221. The van der Waals surface area contributed by atoms with Gasteiger partial charge in [0.1, 0.15) is 5.75 Å². The van der Waals surface area contributed by atoms with E-state index in [0.717, 1.165) is 19.0 Å². The molecule has 0 aromatic heterocycles. The van der Waals surface area contributed by atoms with Crippen LogP contribution in [0, 0.1) is 11.8 Å². The fraction of sp³-hybridized carbons (Fsp3) is 0.571. The maximum Gasteiger partial charge on any atom is 0.124 e. The van der Waals surface area contributed by atoms with Crippen LogP contribution in [0.2, 0.25) is 0 Å². The highest BCUT2D eigenvalue weighted by Gasteiger charge is 2.27. The molecule has 1 aromatic rings. The van der Waals surface area contributed by atoms with Crippen LogP contribution in [0.1, 0.15) is 32.4 Å². The zero-order valence-corrected chi connectivity index (χ0v) is 10.8. The minimum Gasteiger partial charge on any atom is -0.493 e. The first-order valence-corrected chi connectivity index (χ1v) is 6.27. The van der Waals surface area contributed by atoms with Gasteiger partial charge in [0.2, 0.25) is 0 Å². The lowest BCUT2D eigenvalue weighted by atomic mass is 9.93. The van der Waals surface area contributed by atoms with Gasteiger partial charge in [0, 0.05) is 11.5 Å². The van der Waals surface area contributed by atoms with E-state index in [4.69, 9.17) is 9.57 Å². The molecule has 0 amide bonds. The van der Waals surface area contributed by atoms with Crippen LogP contribution in [0.4, 0.5) is 0 Å². The minimum absolute atomic E-state index is 0.221. The second kappa shape index (κ2) is 5.52. The topological polar surface area (TPSA) is 30.5 Å². The highest BCUT2D eigenvalue weighted by Crippen LogP contribution is 2.34. The second-order valence-electron chi connectivity index (χ2n) is 5.13. The van der Waals surface area contributed by atoms with Gasteiger partial charge in [0.15, 0.2) is 0 Å². The number of hydrogen-bond donors (Lipinski definition) is 1. The summed E-state index contributed by atoms with van der Waals surface area (Å²) in [5.41, 5.74) is 4.37. The Hall–Kier alpha value is -1.06. The number of rotatable bonds is 4. The molecule has 0 spiro atoms.